The fourth-order valence-electron chi connectivity index (χ4n) is 4.15. The van der Waals surface area contributed by atoms with Crippen molar-refractivity contribution in [1.82, 2.24) is 9.80 Å². The van der Waals surface area contributed by atoms with E-state index in [2.05, 4.69) is 31.7 Å². The molecule has 2 unspecified atom stereocenters. The Labute approximate surface area is 168 Å². The highest BCUT2D eigenvalue weighted by Gasteiger charge is 2.34. The van der Waals surface area contributed by atoms with Crippen molar-refractivity contribution >= 4 is 13.8 Å². The topological polar surface area (TPSA) is 43.8 Å². The SMILES string of the molecule is [B]C1CC1c1ccc(CC2CN(C(=O)CN3C=CC(=C)C(O)=C3C)C2)c(C)c1. The minimum absolute atomic E-state index is 0.0929. The molecule has 1 saturated heterocycles. The summed E-state index contributed by atoms with van der Waals surface area (Å²) in [6.07, 6.45) is 5.65. The van der Waals surface area contributed by atoms with Crippen molar-refractivity contribution in [1.29, 1.82) is 0 Å². The number of benzene rings is 1. The third-order valence-electron chi connectivity index (χ3n) is 6.29. The zero-order valence-electron chi connectivity index (χ0n) is 16.7. The summed E-state index contributed by atoms with van der Waals surface area (Å²) in [6.45, 7) is 9.60. The zero-order chi connectivity index (χ0) is 20.0. The number of aliphatic hydroxyl groups is 1. The molecule has 2 fully saturated rings. The first-order chi connectivity index (χ1) is 13.3. The summed E-state index contributed by atoms with van der Waals surface area (Å²) in [5, 5.41) is 10.00. The third-order valence-corrected chi connectivity index (χ3v) is 6.29. The maximum atomic E-state index is 12.6. The molecule has 2 aliphatic heterocycles. The highest BCUT2D eigenvalue weighted by molar-refractivity contribution is 6.14. The van der Waals surface area contributed by atoms with Crippen molar-refractivity contribution in [3.05, 3.63) is 70.8 Å². The van der Waals surface area contributed by atoms with E-state index in [4.69, 9.17) is 7.85 Å². The molecule has 0 bridgehead atoms. The molecule has 4 rings (SSSR count). The molecule has 0 aromatic heterocycles. The molecule has 28 heavy (non-hydrogen) atoms. The first kappa shape index (κ1) is 18.9. The van der Waals surface area contributed by atoms with Crippen molar-refractivity contribution < 1.29 is 9.90 Å². The van der Waals surface area contributed by atoms with Gasteiger partial charge in [0.15, 0.2) is 0 Å². The normalized spacial score (nSPS) is 24.6. The first-order valence-corrected chi connectivity index (χ1v) is 10.00. The monoisotopic (exact) mass is 374 g/mol. The molecule has 4 nitrogen and oxygen atoms in total. The Morgan fingerprint density at radius 1 is 1.32 bits per heavy atom. The van der Waals surface area contributed by atoms with E-state index in [1.807, 2.05) is 11.1 Å². The van der Waals surface area contributed by atoms with E-state index in [1.54, 1.807) is 17.9 Å². The number of nitrogens with zero attached hydrogens (tertiary/aromatic N) is 2. The molecule has 1 aromatic carbocycles. The van der Waals surface area contributed by atoms with Crippen molar-refractivity contribution in [3.8, 4) is 0 Å². The Kier molecular flexibility index (Phi) is 4.86. The summed E-state index contributed by atoms with van der Waals surface area (Å²) in [6, 6.07) is 6.74. The number of rotatable bonds is 5. The van der Waals surface area contributed by atoms with Gasteiger partial charge in [-0.2, -0.15) is 0 Å². The summed E-state index contributed by atoms with van der Waals surface area (Å²) in [4.78, 5) is 16.2. The number of allylic oxidation sites excluding steroid dienone is 2. The number of hydrogen-bond acceptors (Lipinski definition) is 3. The standard InChI is InChI=1S/C23H27BN2O2/c1-14-6-7-25(16(3)23(14)28)13-22(27)26-11-17(12-26)9-18-4-5-19(8-15(18)2)20-10-21(20)24/h4-8,17,20-21,28H,1,9-13H2,2-3H3. The van der Waals surface area contributed by atoms with E-state index >= 15 is 0 Å². The summed E-state index contributed by atoms with van der Waals surface area (Å²) in [5.74, 6) is 1.64. The molecular formula is C23H27BN2O2. The second-order valence-corrected chi connectivity index (χ2v) is 8.46. The van der Waals surface area contributed by atoms with Crippen molar-refractivity contribution in [3.63, 3.8) is 0 Å². The van der Waals surface area contributed by atoms with Crippen molar-refractivity contribution in [2.45, 2.75) is 38.4 Å². The van der Waals surface area contributed by atoms with Gasteiger partial charge in [-0.1, -0.05) is 37.0 Å². The molecule has 1 N–H and O–H groups in total. The van der Waals surface area contributed by atoms with Crippen LogP contribution < -0.4 is 0 Å². The van der Waals surface area contributed by atoms with Crippen LogP contribution in [-0.2, 0) is 11.2 Å². The second-order valence-electron chi connectivity index (χ2n) is 8.46. The average molecular weight is 374 g/mol. The van der Waals surface area contributed by atoms with Gasteiger partial charge < -0.3 is 14.9 Å². The molecule has 2 radical (unpaired) electrons. The predicted molar refractivity (Wildman–Crippen MR) is 112 cm³/mol. The highest BCUT2D eigenvalue weighted by atomic mass is 16.3. The summed E-state index contributed by atoms with van der Waals surface area (Å²) < 4.78 is 0. The van der Waals surface area contributed by atoms with Gasteiger partial charge in [0.05, 0.1) is 13.5 Å². The number of aryl methyl sites for hydroxylation is 1. The summed E-state index contributed by atoms with van der Waals surface area (Å²) >= 11 is 0. The zero-order valence-corrected chi connectivity index (χ0v) is 16.7. The van der Waals surface area contributed by atoms with Gasteiger partial charge in [0.1, 0.15) is 12.3 Å². The Hall–Kier alpha value is -2.43. The quantitative estimate of drug-likeness (QED) is 0.801. The number of amides is 1. The van der Waals surface area contributed by atoms with Gasteiger partial charge in [-0.3, -0.25) is 4.79 Å². The van der Waals surface area contributed by atoms with E-state index in [1.165, 1.54) is 16.7 Å². The van der Waals surface area contributed by atoms with Gasteiger partial charge >= 0.3 is 0 Å². The van der Waals surface area contributed by atoms with Crippen LogP contribution in [0.3, 0.4) is 0 Å². The van der Waals surface area contributed by atoms with Gasteiger partial charge in [0, 0.05) is 24.9 Å². The lowest BCUT2D eigenvalue weighted by Crippen LogP contribution is -2.53. The number of hydrogen-bond donors (Lipinski definition) is 1. The maximum Gasteiger partial charge on any atom is 0.242 e. The molecule has 1 aliphatic carbocycles. The Morgan fingerprint density at radius 3 is 2.68 bits per heavy atom. The molecule has 5 heteroatoms. The predicted octanol–water partition coefficient (Wildman–Crippen LogP) is 3.62. The van der Waals surface area contributed by atoms with Crippen molar-refractivity contribution in [2.75, 3.05) is 19.6 Å². The molecule has 144 valence electrons. The second kappa shape index (κ2) is 7.19. The fraction of sp³-hybridized carbons (Fsp3) is 0.435. The Morgan fingerprint density at radius 2 is 2.04 bits per heavy atom. The van der Waals surface area contributed by atoms with E-state index in [9.17, 15) is 9.90 Å². The highest BCUT2D eigenvalue weighted by Crippen LogP contribution is 2.50. The van der Waals surface area contributed by atoms with Crippen molar-refractivity contribution in [2.24, 2.45) is 5.92 Å². The van der Waals surface area contributed by atoms with Gasteiger partial charge in [0.25, 0.3) is 0 Å². The van der Waals surface area contributed by atoms with E-state index in [-0.39, 0.29) is 18.2 Å². The van der Waals surface area contributed by atoms with Crippen LogP contribution in [0.4, 0.5) is 0 Å². The van der Waals surface area contributed by atoms with Crippen LogP contribution in [0.15, 0.2) is 54.1 Å². The minimum Gasteiger partial charge on any atom is -0.506 e. The van der Waals surface area contributed by atoms with Crippen LogP contribution in [0.2, 0.25) is 5.82 Å². The number of likely N-dealkylation sites (tertiary alicyclic amines) is 1. The smallest absolute Gasteiger partial charge is 0.242 e. The Balaban J connectivity index is 1.28. The van der Waals surface area contributed by atoms with Crippen LogP contribution in [0.5, 0.6) is 0 Å². The lowest BCUT2D eigenvalue weighted by Gasteiger charge is -2.41. The van der Waals surface area contributed by atoms with Crippen LogP contribution in [0, 0.1) is 12.8 Å². The lowest BCUT2D eigenvalue weighted by molar-refractivity contribution is -0.137. The molecule has 2 heterocycles. The molecule has 1 amide bonds. The van der Waals surface area contributed by atoms with E-state index in [0.29, 0.717) is 28.9 Å². The Bertz CT molecular complexity index is 883. The molecule has 2 atom stereocenters. The lowest BCUT2D eigenvalue weighted by atomic mass is 9.88. The molecule has 0 spiro atoms. The number of carbonyl (C=O) groups is 1. The van der Waals surface area contributed by atoms with Gasteiger partial charge in [-0.15, -0.1) is 0 Å². The third kappa shape index (κ3) is 3.62. The van der Waals surface area contributed by atoms with Crippen LogP contribution in [0.25, 0.3) is 0 Å². The van der Waals surface area contributed by atoms with E-state index in [0.717, 1.165) is 25.9 Å². The average Bonchev–Trinajstić information content (AvgIpc) is 3.36. The van der Waals surface area contributed by atoms with Crippen LogP contribution in [0.1, 0.15) is 36.0 Å². The molecule has 1 aromatic rings. The number of aliphatic hydroxyl groups excluding tert-OH is 1. The van der Waals surface area contributed by atoms with Crippen LogP contribution >= 0.6 is 0 Å². The maximum absolute atomic E-state index is 12.6. The van der Waals surface area contributed by atoms with Gasteiger partial charge in [0.2, 0.25) is 5.91 Å². The largest absolute Gasteiger partial charge is 0.506 e. The van der Waals surface area contributed by atoms with Crippen LogP contribution in [-0.4, -0.2) is 48.3 Å². The molecule has 3 aliphatic rings. The molecule has 1 saturated carbocycles. The summed E-state index contributed by atoms with van der Waals surface area (Å²) in [5.41, 5.74) is 5.31. The summed E-state index contributed by atoms with van der Waals surface area (Å²) in [7, 11) is 5.97. The first-order valence-electron chi connectivity index (χ1n) is 10.00. The molecular weight excluding hydrogens is 347 g/mol. The minimum atomic E-state index is 0.0929. The number of carbonyl (C=O) groups excluding carboxylic acids is 1. The van der Waals surface area contributed by atoms with E-state index < -0.39 is 0 Å². The van der Waals surface area contributed by atoms with Gasteiger partial charge in [-0.05, 0) is 54.9 Å². The fourth-order valence-corrected chi connectivity index (χ4v) is 4.15. The van der Waals surface area contributed by atoms with Gasteiger partial charge in [-0.25, -0.2) is 0 Å².